The van der Waals surface area contributed by atoms with Crippen LogP contribution in [-0.4, -0.2) is 21.2 Å². The zero-order valence-corrected chi connectivity index (χ0v) is 9.79. The fourth-order valence-corrected chi connectivity index (χ4v) is 2.02. The highest BCUT2D eigenvalue weighted by Crippen LogP contribution is 2.33. The van der Waals surface area contributed by atoms with E-state index in [2.05, 4.69) is 0 Å². The van der Waals surface area contributed by atoms with Crippen molar-refractivity contribution >= 4 is 35.0 Å². The highest BCUT2D eigenvalue weighted by atomic mass is 35.5. The molecule has 1 rings (SSSR count). The van der Waals surface area contributed by atoms with E-state index in [-0.39, 0.29) is 10.7 Å². The molecule has 0 bridgehead atoms. The van der Waals surface area contributed by atoms with Gasteiger partial charge in [-0.25, -0.2) is 0 Å². The maximum Gasteiger partial charge on any atom is 0.316 e. The van der Waals surface area contributed by atoms with Crippen molar-refractivity contribution in [1.29, 1.82) is 0 Å². The summed E-state index contributed by atoms with van der Waals surface area (Å²) in [5.74, 6) is -1.02. The number of halogens is 1. The lowest BCUT2D eigenvalue weighted by atomic mass is 10.3. The Bertz CT molecular complexity index is 438. The quantitative estimate of drug-likeness (QED) is 0.512. The number of hydrogen-bond donors (Lipinski definition) is 1. The second-order valence-electron chi connectivity index (χ2n) is 2.97. The van der Waals surface area contributed by atoms with Crippen LogP contribution in [0.15, 0.2) is 23.1 Å². The summed E-state index contributed by atoms with van der Waals surface area (Å²) >= 11 is 6.55. The molecule has 0 heterocycles. The van der Waals surface area contributed by atoms with Crippen LogP contribution in [-0.2, 0) is 4.79 Å². The largest absolute Gasteiger partial charge is 0.480 e. The molecule has 16 heavy (non-hydrogen) atoms. The van der Waals surface area contributed by atoms with E-state index >= 15 is 0 Å². The molecule has 0 radical (unpaired) electrons. The first-order chi connectivity index (χ1) is 7.41. The van der Waals surface area contributed by atoms with Gasteiger partial charge in [0.2, 0.25) is 0 Å². The number of thioether (sulfide) groups is 1. The molecule has 0 aliphatic carbocycles. The lowest BCUT2D eigenvalue weighted by Gasteiger charge is -2.06. The van der Waals surface area contributed by atoms with Gasteiger partial charge in [0.25, 0.3) is 5.69 Å². The maximum absolute atomic E-state index is 10.7. The minimum atomic E-state index is -1.02. The van der Waals surface area contributed by atoms with Crippen LogP contribution in [0, 0.1) is 10.1 Å². The van der Waals surface area contributed by atoms with E-state index in [0.717, 1.165) is 11.8 Å². The Morgan fingerprint density at radius 3 is 2.75 bits per heavy atom. The molecule has 0 saturated heterocycles. The van der Waals surface area contributed by atoms with Gasteiger partial charge in [-0.05, 0) is 19.1 Å². The first-order valence-corrected chi connectivity index (χ1v) is 5.51. The molecule has 1 aromatic carbocycles. The summed E-state index contributed by atoms with van der Waals surface area (Å²) in [4.78, 5) is 21.1. The van der Waals surface area contributed by atoms with E-state index in [1.165, 1.54) is 25.1 Å². The van der Waals surface area contributed by atoms with Gasteiger partial charge in [-0.1, -0.05) is 11.6 Å². The van der Waals surface area contributed by atoms with Crippen molar-refractivity contribution in [2.45, 2.75) is 17.1 Å². The predicted molar refractivity (Wildman–Crippen MR) is 61.1 cm³/mol. The van der Waals surface area contributed by atoms with Gasteiger partial charge in [0, 0.05) is 11.1 Å². The van der Waals surface area contributed by atoms with E-state index in [4.69, 9.17) is 16.7 Å². The summed E-state index contributed by atoms with van der Waals surface area (Å²) in [6, 6.07) is 4.15. The molecule has 1 aromatic rings. The first-order valence-electron chi connectivity index (χ1n) is 4.25. The lowest BCUT2D eigenvalue weighted by Crippen LogP contribution is -2.11. The molecular formula is C9H8ClNO4S. The van der Waals surface area contributed by atoms with Gasteiger partial charge in [0.15, 0.2) is 0 Å². The van der Waals surface area contributed by atoms with Crippen molar-refractivity contribution in [3.63, 3.8) is 0 Å². The molecule has 1 N–H and O–H groups in total. The molecule has 7 heteroatoms. The van der Waals surface area contributed by atoms with E-state index < -0.39 is 16.1 Å². The Labute approximate surface area is 101 Å². The number of rotatable bonds is 4. The number of nitro benzene ring substituents is 1. The summed E-state index contributed by atoms with van der Waals surface area (Å²) in [5, 5.41) is 18.9. The number of benzene rings is 1. The molecule has 0 amide bonds. The lowest BCUT2D eigenvalue weighted by molar-refractivity contribution is -0.387. The number of carboxylic acids is 1. The van der Waals surface area contributed by atoms with Gasteiger partial charge in [-0.3, -0.25) is 14.9 Å². The van der Waals surface area contributed by atoms with E-state index in [1.807, 2.05) is 0 Å². The van der Waals surface area contributed by atoms with Gasteiger partial charge < -0.3 is 5.11 Å². The van der Waals surface area contributed by atoms with Crippen LogP contribution in [0.25, 0.3) is 0 Å². The molecule has 0 saturated carbocycles. The van der Waals surface area contributed by atoms with Crippen molar-refractivity contribution in [3.8, 4) is 0 Å². The molecule has 86 valence electrons. The summed E-state index contributed by atoms with van der Waals surface area (Å²) in [5.41, 5.74) is -0.175. The monoisotopic (exact) mass is 261 g/mol. The number of nitrogens with zero attached hydrogens (tertiary/aromatic N) is 1. The predicted octanol–water partition coefficient (Wildman–Crippen LogP) is 2.81. The second-order valence-corrected chi connectivity index (χ2v) is 4.79. The minimum absolute atomic E-state index is 0.175. The van der Waals surface area contributed by atoms with Gasteiger partial charge in [0.05, 0.1) is 9.82 Å². The van der Waals surface area contributed by atoms with Crippen LogP contribution < -0.4 is 0 Å². The first kappa shape index (κ1) is 12.8. The fourth-order valence-electron chi connectivity index (χ4n) is 0.974. The summed E-state index contributed by atoms with van der Waals surface area (Å²) in [6.07, 6.45) is 0. The standard InChI is InChI=1S/C9H8ClNO4S/c1-5(9(12)13)16-8-3-2-6(10)4-7(8)11(14)15/h2-5H,1H3,(H,12,13). The smallest absolute Gasteiger partial charge is 0.316 e. The van der Waals surface area contributed by atoms with Crippen LogP contribution >= 0.6 is 23.4 Å². The number of aliphatic carboxylic acids is 1. The topological polar surface area (TPSA) is 80.4 Å². The Kier molecular flexibility index (Phi) is 4.14. The van der Waals surface area contributed by atoms with Crippen molar-refractivity contribution in [2.75, 3.05) is 0 Å². The molecule has 0 aliphatic rings. The van der Waals surface area contributed by atoms with Crippen LogP contribution in [0.2, 0.25) is 5.02 Å². The third-order valence-corrected chi connectivity index (χ3v) is 3.16. The summed E-state index contributed by atoms with van der Waals surface area (Å²) < 4.78 is 0. The van der Waals surface area contributed by atoms with Crippen LogP contribution in [0.3, 0.4) is 0 Å². The zero-order chi connectivity index (χ0) is 12.3. The number of hydrogen-bond acceptors (Lipinski definition) is 4. The third kappa shape index (κ3) is 3.11. The van der Waals surface area contributed by atoms with Crippen molar-refractivity contribution < 1.29 is 14.8 Å². The molecule has 0 fully saturated rings. The SMILES string of the molecule is CC(Sc1ccc(Cl)cc1[N+](=O)[O-])C(=O)O. The van der Waals surface area contributed by atoms with Gasteiger partial charge >= 0.3 is 5.97 Å². The Hall–Kier alpha value is -1.27. The average Bonchev–Trinajstić information content (AvgIpc) is 2.20. The second kappa shape index (κ2) is 5.18. The van der Waals surface area contributed by atoms with Crippen molar-refractivity contribution in [2.24, 2.45) is 0 Å². The van der Waals surface area contributed by atoms with Crippen molar-refractivity contribution in [3.05, 3.63) is 33.3 Å². The van der Waals surface area contributed by atoms with E-state index in [9.17, 15) is 14.9 Å². The van der Waals surface area contributed by atoms with Crippen LogP contribution in [0.4, 0.5) is 5.69 Å². The molecular weight excluding hydrogens is 254 g/mol. The van der Waals surface area contributed by atoms with Gasteiger partial charge in [-0.15, -0.1) is 11.8 Å². The van der Waals surface area contributed by atoms with Crippen molar-refractivity contribution in [1.82, 2.24) is 0 Å². The fraction of sp³-hybridized carbons (Fsp3) is 0.222. The normalized spacial score (nSPS) is 12.1. The number of carboxylic acid groups (broad SMARTS) is 1. The van der Waals surface area contributed by atoms with E-state index in [0.29, 0.717) is 4.90 Å². The molecule has 0 aromatic heterocycles. The molecule has 1 unspecified atom stereocenters. The minimum Gasteiger partial charge on any atom is -0.480 e. The Balaban J connectivity index is 3.04. The molecule has 0 aliphatic heterocycles. The van der Waals surface area contributed by atoms with Gasteiger partial charge in [0.1, 0.15) is 5.25 Å². The van der Waals surface area contributed by atoms with Gasteiger partial charge in [-0.2, -0.15) is 0 Å². The van der Waals surface area contributed by atoms with Crippen LogP contribution in [0.5, 0.6) is 0 Å². The highest BCUT2D eigenvalue weighted by Gasteiger charge is 2.20. The van der Waals surface area contributed by atoms with Crippen LogP contribution in [0.1, 0.15) is 6.92 Å². The average molecular weight is 262 g/mol. The Morgan fingerprint density at radius 1 is 1.62 bits per heavy atom. The summed E-state index contributed by atoms with van der Waals surface area (Å²) in [7, 11) is 0. The molecule has 5 nitrogen and oxygen atoms in total. The third-order valence-electron chi connectivity index (χ3n) is 1.77. The Morgan fingerprint density at radius 2 is 2.25 bits per heavy atom. The van der Waals surface area contributed by atoms with E-state index in [1.54, 1.807) is 0 Å². The summed E-state index contributed by atoms with van der Waals surface area (Å²) in [6.45, 7) is 1.46. The number of nitro groups is 1. The zero-order valence-electron chi connectivity index (χ0n) is 8.21. The molecule has 0 spiro atoms. The highest BCUT2D eigenvalue weighted by molar-refractivity contribution is 8.00. The maximum atomic E-state index is 10.7. The number of carbonyl (C=O) groups is 1. The molecule has 1 atom stereocenters.